The average molecular weight is 311 g/mol. The van der Waals surface area contributed by atoms with Gasteiger partial charge in [-0.05, 0) is 12.1 Å². The molecule has 21 heavy (non-hydrogen) atoms. The summed E-state index contributed by atoms with van der Waals surface area (Å²) in [5.41, 5.74) is -4.94. The molecule has 0 aliphatic carbocycles. The smallest absolute Gasteiger partial charge is 0.206 e. The lowest BCUT2D eigenvalue weighted by Crippen LogP contribution is -2.11. The van der Waals surface area contributed by atoms with Gasteiger partial charge in [-0.25, -0.2) is 22.0 Å². The SMILES string of the molecule is Fc1[c]c(F)c(-c2c(F)cccc2C(F)(F)F)c(F)c1F. The number of rotatable bonds is 1. The first kappa shape index (κ1) is 15.3. The average Bonchev–Trinajstić information content (AvgIpc) is 2.36. The predicted octanol–water partition coefficient (Wildman–Crippen LogP) is 4.87. The summed E-state index contributed by atoms with van der Waals surface area (Å²) in [6.45, 7) is 0. The van der Waals surface area contributed by atoms with Gasteiger partial charge in [-0.3, -0.25) is 0 Å². The van der Waals surface area contributed by atoms with Gasteiger partial charge in [0.05, 0.1) is 17.2 Å². The molecule has 0 unspecified atom stereocenters. The topological polar surface area (TPSA) is 0 Å². The van der Waals surface area contributed by atoms with Crippen molar-refractivity contribution in [3.05, 3.63) is 58.9 Å². The molecule has 2 aromatic carbocycles. The molecule has 0 N–H and O–H groups in total. The Morgan fingerprint density at radius 1 is 0.762 bits per heavy atom. The van der Waals surface area contributed by atoms with E-state index in [1.165, 1.54) is 0 Å². The summed E-state index contributed by atoms with van der Waals surface area (Å²) in [6.07, 6.45) is -5.15. The molecular formula is C13H3F8. The lowest BCUT2D eigenvalue weighted by molar-refractivity contribution is -0.137. The Morgan fingerprint density at radius 3 is 1.95 bits per heavy atom. The van der Waals surface area contributed by atoms with Crippen LogP contribution in [0.5, 0.6) is 0 Å². The van der Waals surface area contributed by atoms with Crippen molar-refractivity contribution in [3.8, 4) is 11.1 Å². The van der Waals surface area contributed by atoms with Crippen LogP contribution in [0.2, 0.25) is 0 Å². The first-order valence-electron chi connectivity index (χ1n) is 5.26. The molecule has 8 heteroatoms. The van der Waals surface area contributed by atoms with Gasteiger partial charge in [0.15, 0.2) is 17.5 Å². The summed E-state index contributed by atoms with van der Waals surface area (Å²) in [4.78, 5) is 0. The molecule has 0 aliphatic heterocycles. The number of halogens is 8. The molecule has 0 saturated heterocycles. The van der Waals surface area contributed by atoms with Gasteiger partial charge < -0.3 is 0 Å². The van der Waals surface area contributed by atoms with Crippen LogP contribution in [0.25, 0.3) is 11.1 Å². The van der Waals surface area contributed by atoms with Crippen molar-refractivity contribution in [2.24, 2.45) is 0 Å². The predicted molar refractivity (Wildman–Crippen MR) is 55.5 cm³/mol. The molecule has 2 aromatic rings. The molecule has 0 saturated carbocycles. The van der Waals surface area contributed by atoms with E-state index in [1.54, 1.807) is 0 Å². The third-order valence-corrected chi connectivity index (χ3v) is 2.61. The molecule has 0 heterocycles. The summed E-state index contributed by atoms with van der Waals surface area (Å²) in [7, 11) is 0. The highest BCUT2D eigenvalue weighted by Crippen LogP contribution is 2.40. The Kier molecular flexibility index (Phi) is 3.65. The van der Waals surface area contributed by atoms with Gasteiger partial charge in [0.1, 0.15) is 11.6 Å². The van der Waals surface area contributed by atoms with E-state index >= 15 is 0 Å². The largest absolute Gasteiger partial charge is 0.417 e. The minimum Gasteiger partial charge on any atom is -0.206 e. The van der Waals surface area contributed by atoms with Crippen molar-refractivity contribution in [3.63, 3.8) is 0 Å². The molecule has 2 rings (SSSR count). The molecule has 0 fully saturated rings. The van der Waals surface area contributed by atoms with E-state index in [0.29, 0.717) is 18.2 Å². The monoisotopic (exact) mass is 311 g/mol. The fourth-order valence-corrected chi connectivity index (χ4v) is 1.75. The fourth-order valence-electron chi connectivity index (χ4n) is 1.75. The highest BCUT2D eigenvalue weighted by molar-refractivity contribution is 5.70. The van der Waals surface area contributed by atoms with Crippen LogP contribution in [-0.4, -0.2) is 0 Å². The van der Waals surface area contributed by atoms with Gasteiger partial charge in [0.2, 0.25) is 0 Å². The Bertz CT molecular complexity index is 702. The minimum absolute atomic E-state index is 0.360. The Labute approximate surface area is 112 Å². The fraction of sp³-hybridized carbons (Fsp3) is 0.0769. The van der Waals surface area contributed by atoms with Crippen LogP contribution in [-0.2, 0) is 6.18 Å². The molecule has 0 nitrogen and oxygen atoms in total. The second-order valence-corrected chi connectivity index (χ2v) is 3.92. The van der Waals surface area contributed by atoms with Crippen LogP contribution in [0.4, 0.5) is 35.1 Å². The van der Waals surface area contributed by atoms with E-state index < -0.39 is 52.0 Å². The maximum atomic E-state index is 13.6. The summed E-state index contributed by atoms with van der Waals surface area (Å²) in [5, 5.41) is 0. The highest BCUT2D eigenvalue weighted by atomic mass is 19.4. The number of hydrogen-bond acceptors (Lipinski definition) is 0. The van der Waals surface area contributed by atoms with Crippen molar-refractivity contribution in [2.45, 2.75) is 6.18 Å². The first-order chi connectivity index (χ1) is 9.64. The zero-order valence-corrected chi connectivity index (χ0v) is 9.76. The molecule has 111 valence electrons. The molecule has 0 aliphatic rings. The van der Waals surface area contributed by atoms with E-state index in [2.05, 4.69) is 0 Å². The standard InChI is InChI=1S/C13H3F8/c14-6-3-1-2-5(13(19,20)21)9(6)10-7(15)4-8(16)11(17)12(10)18/h1-3H. The van der Waals surface area contributed by atoms with Crippen LogP contribution in [0, 0.1) is 35.2 Å². The van der Waals surface area contributed by atoms with Crippen molar-refractivity contribution >= 4 is 0 Å². The van der Waals surface area contributed by atoms with Crippen LogP contribution in [0.15, 0.2) is 18.2 Å². The summed E-state index contributed by atoms with van der Waals surface area (Å²) < 4.78 is 105. The second-order valence-electron chi connectivity index (χ2n) is 3.92. The highest BCUT2D eigenvalue weighted by Gasteiger charge is 2.37. The molecule has 0 spiro atoms. The Morgan fingerprint density at radius 2 is 1.38 bits per heavy atom. The molecule has 0 bridgehead atoms. The van der Waals surface area contributed by atoms with E-state index in [1.807, 2.05) is 0 Å². The van der Waals surface area contributed by atoms with Gasteiger partial charge in [-0.15, -0.1) is 0 Å². The van der Waals surface area contributed by atoms with Crippen LogP contribution in [0.3, 0.4) is 0 Å². The minimum atomic E-state index is -5.15. The molecular weight excluding hydrogens is 308 g/mol. The molecule has 0 amide bonds. The van der Waals surface area contributed by atoms with E-state index in [9.17, 15) is 35.1 Å². The summed E-state index contributed by atoms with van der Waals surface area (Å²) in [5.74, 6) is -10.2. The van der Waals surface area contributed by atoms with Crippen LogP contribution in [0.1, 0.15) is 5.56 Å². The van der Waals surface area contributed by atoms with Gasteiger partial charge in [-0.2, -0.15) is 13.2 Å². The Balaban J connectivity index is 2.89. The van der Waals surface area contributed by atoms with Crippen molar-refractivity contribution in [2.75, 3.05) is 0 Å². The Hall–Kier alpha value is -2.12. The lowest BCUT2D eigenvalue weighted by Gasteiger charge is -2.15. The number of alkyl halides is 3. The number of hydrogen-bond donors (Lipinski definition) is 0. The third kappa shape index (κ3) is 2.57. The van der Waals surface area contributed by atoms with Crippen molar-refractivity contribution in [1.29, 1.82) is 0 Å². The first-order valence-corrected chi connectivity index (χ1v) is 5.26. The third-order valence-electron chi connectivity index (χ3n) is 2.61. The van der Waals surface area contributed by atoms with Crippen molar-refractivity contribution < 1.29 is 35.1 Å². The van der Waals surface area contributed by atoms with Gasteiger partial charge in [-0.1, -0.05) is 6.07 Å². The molecule has 0 atom stereocenters. The molecule has 0 aromatic heterocycles. The lowest BCUT2D eigenvalue weighted by atomic mass is 9.97. The van der Waals surface area contributed by atoms with E-state index in [4.69, 9.17) is 0 Å². The zero-order valence-electron chi connectivity index (χ0n) is 9.76. The second kappa shape index (κ2) is 5.01. The van der Waals surface area contributed by atoms with Gasteiger partial charge >= 0.3 is 6.18 Å². The maximum Gasteiger partial charge on any atom is 0.417 e. The summed E-state index contributed by atoms with van der Waals surface area (Å²) in [6, 6.07) is 2.60. The normalized spacial score (nSPS) is 11.8. The quantitative estimate of drug-likeness (QED) is 0.400. The van der Waals surface area contributed by atoms with Gasteiger partial charge in [0.25, 0.3) is 0 Å². The van der Waals surface area contributed by atoms with Crippen molar-refractivity contribution in [1.82, 2.24) is 0 Å². The van der Waals surface area contributed by atoms with E-state index in [0.717, 1.165) is 6.07 Å². The van der Waals surface area contributed by atoms with Crippen LogP contribution >= 0.6 is 0 Å². The summed E-state index contributed by atoms with van der Waals surface area (Å²) >= 11 is 0. The van der Waals surface area contributed by atoms with Gasteiger partial charge in [0, 0.05) is 5.56 Å². The van der Waals surface area contributed by atoms with Crippen LogP contribution < -0.4 is 0 Å². The van der Waals surface area contributed by atoms with E-state index in [-0.39, 0.29) is 0 Å². The maximum absolute atomic E-state index is 13.6. The molecule has 1 radical (unpaired) electrons. The number of benzene rings is 2. The zero-order chi connectivity index (χ0) is 15.9.